The third-order valence-electron chi connectivity index (χ3n) is 3.84. The van der Waals surface area contributed by atoms with Crippen LogP contribution in [0.1, 0.15) is 31.1 Å². The average molecular weight is 302 g/mol. The lowest BCUT2D eigenvalue weighted by Gasteiger charge is -2.30. The normalized spacial score (nSPS) is 21.6. The maximum absolute atomic E-state index is 13.0. The van der Waals surface area contributed by atoms with Crippen molar-refractivity contribution in [2.24, 2.45) is 5.41 Å². The molecule has 6 heteroatoms. The summed E-state index contributed by atoms with van der Waals surface area (Å²) in [4.78, 5) is 24.5. The van der Waals surface area contributed by atoms with Crippen molar-refractivity contribution in [3.63, 3.8) is 0 Å². The van der Waals surface area contributed by atoms with E-state index in [0.29, 0.717) is 4.88 Å². The molecule has 0 saturated carbocycles. The Kier molecular flexibility index (Phi) is 3.62. The maximum Gasteiger partial charge on any atom is 0.412 e. The van der Waals surface area contributed by atoms with E-state index in [1.165, 1.54) is 25.2 Å². The van der Waals surface area contributed by atoms with Gasteiger partial charge >= 0.3 is 6.18 Å². The van der Waals surface area contributed by atoms with Gasteiger partial charge in [0.05, 0.1) is 0 Å². The van der Waals surface area contributed by atoms with Crippen LogP contribution >= 0.6 is 11.3 Å². The molecule has 2 nitrogen and oxygen atoms in total. The zero-order valence-corrected chi connectivity index (χ0v) is 11.8. The van der Waals surface area contributed by atoms with Gasteiger partial charge in [-0.1, -0.05) is 12.1 Å². The lowest BCUT2D eigenvalue weighted by atomic mass is 9.70. The molecule has 0 aromatic carbocycles. The Bertz CT molecular complexity index is 556. The molecule has 0 spiro atoms. The summed E-state index contributed by atoms with van der Waals surface area (Å²) in [6, 6.07) is 3.36. The van der Waals surface area contributed by atoms with Crippen molar-refractivity contribution in [2.45, 2.75) is 32.4 Å². The van der Waals surface area contributed by atoms with E-state index in [0.717, 1.165) is 6.08 Å². The second-order valence-corrected chi connectivity index (χ2v) is 5.92. The monoisotopic (exact) mass is 302 g/mol. The first-order chi connectivity index (χ1) is 9.19. The van der Waals surface area contributed by atoms with Crippen LogP contribution in [0.25, 0.3) is 0 Å². The molecular formula is C14H13F3O2S. The molecule has 0 aliphatic heterocycles. The van der Waals surface area contributed by atoms with Gasteiger partial charge in [0.15, 0.2) is 0 Å². The van der Waals surface area contributed by atoms with E-state index in [1.54, 1.807) is 17.5 Å². The third kappa shape index (κ3) is 2.22. The van der Waals surface area contributed by atoms with E-state index in [4.69, 9.17) is 0 Å². The largest absolute Gasteiger partial charge is 0.412 e. The number of ketones is 2. The third-order valence-corrected chi connectivity index (χ3v) is 4.79. The number of carbonyl (C=O) groups excluding carboxylic acids is 2. The molecule has 0 amide bonds. The molecule has 0 radical (unpaired) electrons. The minimum atomic E-state index is -4.51. The van der Waals surface area contributed by atoms with Crippen LogP contribution in [-0.4, -0.2) is 17.7 Å². The van der Waals surface area contributed by atoms with Gasteiger partial charge in [-0.2, -0.15) is 13.2 Å². The first-order valence-corrected chi connectivity index (χ1v) is 6.91. The SMILES string of the molecule is CC(=O)C1(C(C)=O)CC(C(F)(F)F)=CC1c1cccs1. The first kappa shape index (κ1) is 15.0. The van der Waals surface area contributed by atoms with E-state index in [-0.39, 0.29) is 0 Å². The molecule has 0 bridgehead atoms. The second-order valence-electron chi connectivity index (χ2n) is 4.94. The molecule has 1 aliphatic rings. The highest BCUT2D eigenvalue weighted by Crippen LogP contribution is 2.53. The zero-order valence-electron chi connectivity index (χ0n) is 11.0. The second kappa shape index (κ2) is 4.84. The molecule has 1 atom stereocenters. The van der Waals surface area contributed by atoms with Crippen LogP contribution < -0.4 is 0 Å². The molecule has 108 valence electrons. The Morgan fingerprint density at radius 1 is 1.30 bits per heavy atom. The van der Waals surface area contributed by atoms with Crippen LogP contribution in [-0.2, 0) is 9.59 Å². The molecular weight excluding hydrogens is 289 g/mol. The standard InChI is InChI=1S/C14H13F3O2S/c1-8(18)13(9(2)19)7-10(14(15,16)17)6-11(13)12-4-3-5-20-12/h3-6,11H,7H2,1-2H3. The van der Waals surface area contributed by atoms with Crippen LogP contribution in [0.4, 0.5) is 13.2 Å². The fraction of sp³-hybridized carbons (Fsp3) is 0.429. The van der Waals surface area contributed by atoms with Crippen molar-refractivity contribution in [1.82, 2.24) is 0 Å². The summed E-state index contributed by atoms with van der Waals surface area (Å²) in [5.74, 6) is -1.85. The topological polar surface area (TPSA) is 34.1 Å². The van der Waals surface area contributed by atoms with Crippen molar-refractivity contribution in [3.05, 3.63) is 34.0 Å². The van der Waals surface area contributed by atoms with E-state index < -0.39 is 41.1 Å². The number of halogens is 3. The maximum atomic E-state index is 13.0. The van der Waals surface area contributed by atoms with Gasteiger partial charge in [0, 0.05) is 16.4 Å². The van der Waals surface area contributed by atoms with Crippen molar-refractivity contribution >= 4 is 22.9 Å². The Hall–Kier alpha value is -1.43. The van der Waals surface area contributed by atoms with E-state index >= 15 is 0 Å². The molecule has 0 N–H and O–H groups in total. The van der Waals surface area contributed by atoms with Crippen molar-refractivity contribution < 1.29 is 22.8 Å². The predicted octanol–water partition coefficient (Wildman–Crippen LogP) is 3.89. The fourth-order valence-electron chi connectivity index (χ4n) is 2.74. The first-order valence-electron chi connectivity index (χ1n) is 6.03. The molecule has 0 saturated heterocycles. The smallest absolute Gasteiger partial charge is 0.299 e. The molecule has 0 fully saturated rings. The van der Waals surface area contributed by atoms with Gasteiger partial charge in [-0.3, -0.25) is 9.59 Å². The minimum absolute atomic E-state index is 0.515. The summed E-state index contributed by atoms with van der Waals surface area (Å²) in [6.45, 7) is 2.38. The van der Waals surface area contributed by atoms with Gasteiger partial charge in [0.2, 0.25) is 0 Å². The van der Waals surface area contributed by atoms with E-state index in [2.05, 4.69) is 0 Å². The van der Waals surface area contributed by atoms with E-state index in [9.17, 15) is 22.8 Å². The van der Waals surface area contributed by atoms with Gasteiger partial charge in [-0.15, -0.1) is 11.3 Å². The summed E-state index contributed by atoms with van der Waals surface area (Å²) < 4.78 is 38.9. The summed E-state index contributed by atoms with van der Waals surface area (Å²) >= 11 is 1.25. The number of hydrogen-bond donors (Lipinski definition) is 0. The number of hydrogen-bond acceptors (Lipinski definition) is 3. The van der Waals surface area contributed by atoms with Gasteiger partial charge in [0.1, 0.15) is 17.0 Å². The Morgan fingerprint density at radius 3 is 2.30 bits per heavy atom. The Labute approximate surface area is 118 Å². The Morgan fingerprint density at radius 2 is 1.90 bits per heavy atom. The van der Waals surface area contributed by atoms with Gasteiger partial charge in [-0.25, -0.2) is 0 Å². The zero-order chi connectivity index (χ0) is 15.1. The molecule has 1 aromatic heterocycles. The van der Waals surface area contributed by atoms with Crippen LogP contribution in [0, 0.1) is 5.41 Å². The van der Waals surface area contributed by atoms with Crippen LogP contribution in [0.3, 0.4) is 0 Å². The van der Waals surface area contributed by atoms with Crippen molar-refractivity contribution in [1.29, 1.82) is 0 Å². The summed E-state index contributed by atoms with van der Waals surface area (Å²) in [5.41, 5.74) is -2.41. The highest BCUT2D eigenvalue weighted by molar-refractivity contribution is 7.10. The van der Waals surface area contributed by atoms with Gasteiger partial charge in [-0.05, 0) is 31.7 Å². The van der Waals surface area contributed by atoms with Gasteiger partial charge < -0.3 is 0 Å². The highest BCUT2D eigenvalue weighted by Gasteiger charge is 2.56. The summed E-state index contributed by atoms with van der Waals surface area (Å²) in [7, 11) is 0. The summed E-state index contributed by atoms with van der Waals surface area (Å²) in [6.07, 6.45) is -4.04. The molecule has 2 rings (SSSR count). The van der Waals surface area contributed by atoms with Crippen molar-refractivity contribution in [3.8, 4) is 0 Å². The van der Waals surface area contributed by atoms with Crippen molar-refractivity contribution in [2.75, 3.05) is 0 Å². The highest BCUT2D eigenvalue weighted by atomic mass is 32.1. The number of rotatable bonds is 3. The Balaban J connectivity index is 2.58. The van der Waals surface area contributed by atoms with Crippen LogP contribution in [0.5, 0.6) is 0 Å². The number of Topliss-reactive ketones (excluding diaryl/α,β-unsaturated/α-hetero) is 2. The van der Waals surface area contributed by atoms with Crippen LogP contribution in [0.15, 0.2) is 29.2 Å². The molecule has 1 aromatic rings. The number of carbonyl (C=O) groups is 2. The lowest BCUT2D eigenvalue weighted by molar-refractivity contribution is -0.139. The molecule has 1 unspecified atom stereocenters. The lowest BCUT2D eigenvalue weighted by Crippen LogP contribution is -2.39. The number of alkyl halides is 3. The van der Waals surface area contributed by atoms with E-state index in [1.807, 2.05) is 0 Å². The minimum Gasteiger partial charge on any atom is -0.299 e. The molecule has 1 heterocycles. The summed E-state index contributed by atoms with van der Waals surface area (Å²) in [5, 5.41) is 1.72. The fourth-order valence-corrected chi connectivity index (χ4v) is 3.62. The molecule has 20 heavy (non-hydrogen) atoms. The van der Waals surface area contributed by atoms with Gasteiger partial charge in [0.25, 0.3) is 0 Å². The predicted molar refractivity (Wildman–Crippen MR) is 69.6 cm³/mol. The quantitative estimate of drug-likeness (QED) is 0.627. The number of allylic oxidation sites excluding steroid dienone is 2. The molecule has 1 aliphatic carbocycles. The van der Waals surface area contributed by atoms with Crippen LogP contribution in [0.2, 0.25) is 0 Å². The average Bonchev–Trinajstić information content (AvgIpc) is 2.95. The number of thiophene rings is 1.